The monoisotopic (exact) mass is 320 g/mol. The first kappa shape index (κ1) is 14.7. The van der Waals surface area contributed by atoms with Crippen molar-refractivity contribution in [3.05, 3.63) is 29.3 Å². The first-order chi connectivity index (χ1) is 10.6. The fourth-order valence-corrected chi connectivity index (χ4v) is 5.93. The van der Waals surface area contributed by atoms with E-state index in [1.54, 1.807) is 4.31 Å². The highest BCUT2D eigenvalue weighted by Gasteiger charge is 2.43. The van der Waals surface area contributed by atoms with E-state index in [1.807, 2.05) is 18.2 Å². The molecular formula is C17H24N2O2S. The van der Waals surface area contributed by atoms with Gasteiger partial charge in [0.25, 0.3) is 0 Å². The molecule has 2 heterocycles. The third-order valence-electron chi connectivity index (χ3n) is 5.78. The molecule has 0 atom stereocenters. The molecule has 2 fully saturated rings. The highest BCUT2D eigenvalue weighted by atomic mass is 32.2. The van der Waals surface area contributed by atoms with Gasteiger partial charge in [0.1, 0.15) is 0 Å². The molecule has 0 saturated carbocycles. The summed E-state index contributed by atoms with van der Waals surface area (Å²) in [5.74, 6) is 0. The molecule has 0 amide bonds. The summed E-state index contributed by atoms with van der Waals surface area (Å²) < 4.78 is 27.7. The maximum Gasteiger partial charge on any atom is 0.243 e. The van der Waals surface area contributed by atoms with Crippen LogP contribution in [0.15, 0.2) is 23.1 Å². The van der Waals surface area contributed by atoms with Gasteiger partial charge in [0.15, 0.2) is 0 Å². The molecule has 22 heavy (non-hydrogen) atoms. The van der Waals surface area contributed by atoms with Crippen LogP contribution in [0.1, 0.15) is 36.8 Å². The zero-order chi connectivity index (χ0) is 15.2. The van der Waals surface area contributed by atoms with Crippen molar-refractivity contribution < 1.29 is 8.42 Å². The Morgan fingerprint density at radius 1 is 1.05 bits per heavy atom. The Balaban J connectivity index is 1.59. The summed E-state index contributed by atoms with van der Waals surface area (Å²) in [5.41, 5.74) is 2.78. The Hall–Kier alpha value is -0.910. The third kappa shape index (κ3) is 2.39. The van der Waals surface area contributed by atoms with Crippen LogP contribution in [0.2, 0.25) is 0 Å². The van der Waals surface area contributed by atoms with Crippen LogP contribution in [0, 0.1) is 5.41 Å². The van der Waals surface area contributed by atoms with E-state index in [0.717, 1.165) is 51.6 Å². The average Bonchev–Trinajstić information content (AvgIpc) is 3.15. The molecular weight excluding hydrogens is 296 g/mol. The van der Waals surface area contributed by atoms with Gasteiger partial charge in [-0.05, 0) is 80.3 Å². The summed E-state index contributed by atoms with van der Waals surface area (Å²) in [4.78, 5) is 0.499. The molecule has 1 aliphatic carbocycles. The second kappa shape index (κ2) is 5.32. The Bertz CT molecular complexity index is 678. The lowest BCUT2D eigenvalue weighted by Gasteiger charge is -2.33. The summed E-state index contributed by atoms with van der Waals surface area (Å²) in [6, 6.07) is 5.75. The predicted octanol–water partition coefficient (Wildman–Crippen LogP) is 1.94. The normalized spacial score (nSPS) is 24.7. The van der Waals surface area contributed by atoms with Crippen molar-refractivity contribution >= 4 is 10.0 Å². The number of nitrogens with one attached hydrogen (secondary N) is 1. The molecule has 1 aromatic carbocycles. The van der Waals surface area contributed by atoms with Crippen LogP contribution < -0.4 is 5.32 Å². The van der Waals surface area contributed by atoms with E-state index in [1.165, 1.54) is 11.1 Å². The van der Waals surface area contributed by atoms with E-state index >= 15 is 0 Å². The van der Waals surface area contributed by atoms with Crippen LogP contribution in [-0.2, 0) is 22.9 Å². The number of rotatable bonds is 2. The number of hydrogen-bond donors (Lipinski definition) is 1. The van der Waals surface area contributed by atoms with Crippen molar-refractivity contribution in [2.24, 2.45) is 5.41 Å². The van der Waals surface area contributed by atoms with E-state index in [-0.39, 0.29) is 5.41 Å². The SMILES string of the molecule is O=S(=O)(c1ccc2c(c1)CCC2)N1CCC2(CCNCC2)C1. The molecule has 4 rings (SSSR count). The fourth-order valence-electron chi connectivity index (χ4n) is 4.32. The second-order valence-electron chi connectivity index (χ2n) is 7.12. The Morgan fingerprint density at radius 2 is 1.82 bits per heavy atom. The van der Waals surface area contributed by atoms with Crippen molar-refractivity contribution in [3.8, 4) is 0 Å². The minimum atomic E-state index is -3.32. The van der Waals surface area contributed by atoms with Crippen LogP contribution in [0.25, 0.3) is 0 Å². The van der Waals surface area contributed by atoms with Gasteiger partial charge in [-0.25, -0.2) is 8.42 Å². The van der Waals surface area contributed by atoms with Crippen molar-refractivity contribution in [1.29, 1.82) is 0 Å². The molecule has 2 saturated heterocycles. The molecule has 3 aliphatic rings. The van der Waals surface area contributed by atoms with E-state index in [0.29, 0.717) is 18.0 Å². The molecule has 0 bridgehead atoms. The number of aryl methyl sites for hydroxylation is 2. The zero-order valence-corrected chi connectivity index (χ0v) is 13.8. The van der Waals surface area contributed by atoms with Gasteiger partial charge in [0.2, 0.25) is 10.0 Å². The quantitative estimate of drug-likeness (QED) is 0.906. The standard InChI is InChI=1S/C17H24N2O2S/c20-22(21,16-5-4-14-2-1-3-15(14)12-16)19-11-8-17(13-19)6-9-18-10-7-17/h4-5,12,18H,1-3,6-11,13H2. The lowest BCUT2D eigenvalue weighted by atomic mass is 9.78. The van der Waals surface area contributed by atoms with E-state index in [9.17, 15) is 8.42 Å². The van der Waals surface area contributed by atoms with Crippen LogP contribution in [-0.4, -0.2) is 38.9 Å². The number of fused-ring (bicyclic) bond motifs is 1. The lowest BCUT2D eigenvalue weighted by Crippen LogP contribution is -2.39. The third-order valence-corrected chi connectivity index (χ3v) is 7.62. The summed E-state index contributed by atoms with van der Waals surface area (Å²) in [7, 11) is -3.32. The zero-order valence-electron chi connectivity index (χ0n) is 13.0. The lowest BCUT2D eigenvalue weighted by molar-refractivity contribution is 0.218. The highest BCUT2D eigenvalue weighted by Crippen LogP contribution is 2.40. The minimum Gasteiger partial charge on any atom is -0.317 e. The molecule has 120 valence electrons. The molecule has 1 spiro atoms. The fraction of sp³-hybridized carbons (Fsp3) is 0.647. The Labute approximate surface area is 132 Å². The largest absolute Gasteiger partial charge is 0.317 e. The van der Waals surface area contributed by atoms with Crippen molar-refractivity contribution in [1.82, 2.24) is 9.62 Å². The first-order valence-electron chi connectivity index (χ1n) is 8.42. The number of hydrogen-bond acceptors (Lipinski definition) is 3. The molecule has 1 N–H and O–H groups in total. The number of nitrogens with zero attached hydrogens (tertiary/aromatic N) is 1. The average molecular weight is 320 g/mol. The topological polar surface area (TPSA) is 49.4 Å². The summed E-state index contributed by atoms with van der Waals surface area (Å²) >= 11 is 0. The molecule has 4 nitrogen and oxygen atoms in total. The molecule has 1 aromatic rings. The van der Waals surface area contributed by atoms with Gasteiger partial charge < -0.3 is 5.32 Å². The molecule has 2 aliphatic heterocycles. The van der Waals surface area contributed by atoms with E-state index in [4.69, 9.17) is 0 Å². The second-order valence-corrected chi connectivity index (χ2v) is 9.06. The minimum absolute atomic E-state index is 0.217. The predicted molar refractivity (Wildman–Crippen MR) is 86.4 cm³/mol. The summed E-state index contributed by atoms with van der Waals surface area (Å²) in [5, 5.41) is 3.38. The van der Waals surface area contributed by atoms with Gasteiger partial charge >= 0.3 is 0 Å². The summed E-state index contributed by atoms with van der Waals surface area (Å²) in [6.45, 7) is 3.42. The smallest absolute Gasteiger partial charge is 0.243 e. The van der Waals surface area contributed by atoms with Crippen LogP contribution in [0.5, 0.6) is 0 Å². The van der Waals surface area contributed by atoms with Crippen LogP contribution >= 0.6 is 0 Å². The molecule has 0 radical (unpaired) electrons. The van der Waals surface area contributed by atoms with Crippen molar-refractivity contribution in [3.63, 3.8) is 0 Å². The van der Waals surface area contributed by atoms with Gasteiger partial charge in [-0.15, -0.1) is 0 Å². The van der Waals surface area contributed by atoms with Gasteiger partial charge in [-0.3, -0.25) is 0 Å². The molecule has 5 heteroatoms. The van der Waals surface area contributed by atoms with Crippen LogP contribution in [0.4, 0.5) is 0 Å². The highest BCUT2D eigenvalue weighted by molar-refractivity contribution is 7.89. The van der Waals surface area contributed by atoms with Gasteiger partial charge in [0, 0.05) is 13.1 Å². The van der Waals surface area contributed by atoms with Gasteiger partial charge in [-0.2, -0.15) is 4.31 Å². The number of piperidine rings is 1. The molecule has 0 aromatic heterocycles. The first-order valence-corrected chi connectivity index (χ1v) is 9.86. The van der Waals surface area contributed by atoms with Gasteiger partial charge in [-0.1, -0.05) is 6.07 Å². The van der Waals surface area contributed by atoms with Crippen molar-refractivity contribution in [2.45, 2.75) is 43.4 Å². The number of benzene rings is 1. The van der Waals surface area contributed by atoms with E-state index < -0.39 is 10.0 Å². The van der Waals surface area contributed by atoms with Crippen molar-refractivity contribution in [2.75, 3.05) is 26.2 Å². The summed E-state index contributed by atoms with van der Waals surface area (Å²) in [6.07, 6.45) is 6.48. The Morgan fingerprint density at radius 3 is 2.64 bits per heavy atom. The van der Waals surface area contributed by atoms with Crippen LogP contribution in [0.3, 0.4) is 0 Å². The Kier molecular flexibility index (Phi) is 3.55. The maximum atomic E-state index is 13.0. The van der Waals surface area contributed by atoms with Gasteiger partial charge in [0.05, 0.1) is 4.90 Å². The maximum absolute atomic E-state index is 13.0. The molecule has 0 unspecified atom stereocenters. The van der Waals surface area contributed by atoms with E-state index in [2.05, 4.69) is 5.32 Å². The number of sulfonamides is 1.